The zero-order valence-electron chi connectivity index (χ0n) is 10.2. The molecule has 0 aliphatic heterocycles. The van der Waals surface area contributed by atoms with Crippen LogP contribution in [0.1, 0.15) is 0 Å². The number of carbonyl (C=O) groups excluding carboxylic acids is 1. The first-order valence-electron chi connectivity index (χ1n) is 5.68. The van der Waals surface area contributed by atoms with Gasteiger partial charge in [-0.1, -0.05) is 12.1 Å². The number of halogens is 3. The highest BCUT2D eigenvalue weighted by Gasteiger charge is 2.09. The van der Waals surface area contributed by atoms with Crippen molar-refractivity contribution in [3.8, 4) is 0 Å². The van der Waals surface area contributed by atoms with Gasteiger partial charge in [0.15, 0.2) is 0 Å². The lowest BCUT2D eigenvalue weighted by molar-refractivity contribution is -0.113. The van der Waals surface area contributed by atoms with Crippen molar-refractivity contribution < 1.29 is 18.0 Å². The average molecular weight is 297 g/mol. The highest BCUT2D eigenvalue weighted by Crippen LogP contribution is 2.22. The van der Waals surface area contributed by atoms with Gasteiger partial charge in [-0.05, 0) is 24.3 Å². The molecule has 0 radical (unpaired) electrons. The van der Waals surface area contributed by atoms with Crippen molar-refractivity contribution in [2.45, 2.75) is 4.90 Å². The predicted octanol–water partition coefficient (Wildman–Crippen LogP) is 3.83. The summed E-state index contributed by atoms with van der Waals surface area (Å²) in [5.41, 5.74) is 0.0673. The predicted molar refractivity (Wildman–Crippen MR) is 72.1 cm³/mol. The maximum Gasteiger partial charge on any atom is 0.234 e. The monoisotopic (exact) mass is 297 g/mol. The normalized spacial score (nSPS) is 10.3. The average Bonchev–Trinajstić information content (AvgIpc) is 2.40. The third-order valence-electron chi connectivity index (χ3n) is 2.40. The van der Waals surface area contributed by atoms with E-state index in [1.54, 1.807) is 6.07 Å². The quantitative estimate of drug-likeness (QED) is 0.869. The first-order valence-corrected chi connectivity index (χ1v) is 6.67. The van der Waals surface area contributed by atoms with Gasteiger partial charge in [0, 0.05) is 11.0 Å². The van der Waals surface area contributed by atoms with Crippen molar-refractivity contribution in [3.05, 3.63) is 59.9 Å². The van der Waals surface area contributed by atoms with Crippen LogP contribution in [0.15, 0.2) is 47.4 Å². The number of benzene rings is 2. The molecule has 1 N–H and O–H groups in total. The van der Waals surface area contributed by atoms with Crippen LogP contribution < -0.4 is 5.32 Å². The number of amides is 1. The summed E-state index contributed by atoms with van der Waals surface area (Å²) in [5, 5.41) is 2.38. The maximum atomic E-state index is 13.3. The molecule has 2 aromatic carbocycles. The van der Waals surface area contributed by atoms with Crippen LogP contribution in [0.3, 0.4) is 0 Å². The van der Waals surface area contributed by atoms with Gasteiger partial charge >= 0.3 is 0 Å². The molecule has 0 atom stereocenters. The molecule has 0 aromatic heterocycles. The van der Waals surface area contributed by atoms with Gasteiger partial charge in [-0.25, -0.2) is 13.2 Å². The van der Waals surface area contributed by atoms with Crippen molar-refractivity contribution in [1.29, 1.82) is 0 Å². The second-order valence-corrected chi connectivity index (χ2v) is 4.91. The van der Waals surface area contributed by atoms with E-state index in [1.807, 2.05) is 0 Å². The van der Waals surface area contributed by atoms with Crippen molar-refractivity contribution in [2.24, 2.45) is 0 Å². The molecule has 2 rings (SSSR count). The van der Waals surface area contributed by atoms with E-state index in [0.29, 0.717) is 0 Å². The van der Waals surface area contributed by atoms with E-state index in [4.69, 9.17) is 0 Å². The fraction of sp³-hybridized carbons (Fsp3) is 0.0714. The van der Waals surface area contributed by atoms with E-state index in [9.17, 15) is 18.0 Å². The summed E-state index contributed by atoms with van der Waals surface area (Å²) in [7, 11) is 0. The number of rotatable bonds is 4. The molecule has 2 aromatic rings. The lowest BCUT2D eigenvalue weighted by Crippen LogP contribution is -2.15. The largest absolute Gasteiger partial charge is 0.323 e. The minimum absolute atomic E-state index is 0.0673. The summed E-state index contributed by atoms with van der Waals surface area (Å²) in [6.45, 7) is 0. The second-order valence-electron chi connectivity index (χ2n) is 3.89. The van der Waals surface area contributed by atoms with Crippen molar-refractivity contribution in [1.82, 2.24) is 0 Å². The van der Waals surface area contributed by atoms with E-state index < -0.39 is 23.4 Å². The first kappa shape index (κ1) is 14.5. The molecule has 20 heavy (non-hydrogen) atoms. The number of hydrogen-bond acceptors (Lipinski definition) is 2. The molecule has 6 heteroatoms. The van der Waals surface area contributed by atoms with Gasteiger partial charge in [0.2, 0.25) is 5.91 Å². The number of nitrogens with one attached hydrogen (secondary N) is 1. The highest BCUT2D eigenvalue weighted by molar-refractivity contribution is 8.00. The lowest BCUT2D eigenvalue weighted by Gasteiger charge is -2.06. The van der Waals surface area contributed by atoms with E-state index in [2.05, 4.69) is 5.32 Å². The van der Waals surface area contributed by atoms with Crippen LogP contribution in [-0.2, 0) is 4.79 Å². The summed E-state index contributed by atoms with van der Waals surface area (Å²) >= 11 is 0.913. The Hall–Kier alpha value is -1.95. The van der Waals surface area contributed by atoms with Gasteiger partial charge in [-0.15, -0.1) is 11.8 Å². The third-order valence-corrected chi connectivity index (χ3v) is 3.45. The van der Waals surface area contributed by atoms with E-state index in [1.165, 1.54) is 24.3 Å². The second kappa shape index (κ2) is 6.47. The molecule has 104 valence electrons. The topological polar surface area (TPSA) is 29.1 Å². The van der Waals surface area contributed by atoms with Gasteiger partial charge in [0.25, 0.3) is 0 Å². The Morgan fingerprint density at radius 3 is 2.50 bits per heavy atom. The lowest BCUT2D eigenvalue weighted by atomic mass is 10.3. The summed E-state index contributed by atoms with van der Waals surface area (Å²) in [6.07, 6.45) is 0. The summed E-state index contributed by atoms with van der Waals surface area (Å²) in [5.74, 6) is -2.52. The Morgan fingerprint density at radius 1 is 1.05 bits per heavy atom. The summed E-state index contributed by atoms with van der Waals surface area (Å²) in [4.78, 5) is 11.8. The molecule has 0 unspecified atom stereocenters. The number of thioether (sulfide) groups is 1. The Kier molecular flexibility index (Phi) is 4.68. The minimum Gasteiger partial charge on any atom is -0.323 e. The van der Waals surface area contributed by atoms with E-state index in [-0.39, 0.29) is 16.3 Å². The Morgan fingerprint density at radius 2 is 1.80 bits per heavy atom. The molecule has 1 amide bonds. The zero-order chi connectivity index (χ0) is 14.5. The van der Waals surface area contributed by atoms with Gasteiger partial charge in [-0.2, -0.15) is 0 Å². The van der Waals surface area contributed by atoms with Crippen LogP contribution in [0.25, 0.3) is 0 Å². The Balaban J connectivity index is 1.94. The molecule has 0 heterocycles. The van der Waals surface area contributed by atoms with E-state index in [0.717, 1.165) is 23.9 Å². The van der Waals surface area contributed by atoms with Gasteiger partial charge in [0.05, 0.1) is 11.4 Å². The number of hydrogen-bond donors (Lipinski definition) is 1. The molecular formula is C14H10F3NOS. The maximum absolute atomic E-state index is 13.3. The molecule has 0 spiro atoms. The van der Waals surface area contributed by atoms with Crippen LogP contribution in [0.2, 0.25) is 0 Å². The molecule has 0 bridgehead atoms. The number of carbonyl (C=O) groups is 1. The van der Waals surface area contributed by atoms with Crippen LogP contribution in [0.5, 0.6) is 0 Å². The van der Waals surface area contributed by atoms with Gasteiger partial charge < -0.3 is 5.32 Å². The van der Waals surface area contributed by atoms with Crippen LogP contribution in [0, 0.1) is 17.5 Å². The van der Waals surface area contributed by atoms with Crippen LogP contribution in [-0.4, -0.2) is 11.7 Å². The Labute approximate surface area is 118 Å². The van der Waals surface area contributed by atoms with Crippen LogP contribution >= 0.6 is 11.8 Å². The highest BCUT2D eigenvalue weighted by atomic mass is 32.2. The Bertz CT molecular complexity index is 634. The van der Waals surface area contributed by atoms with Crippen LogP contribution in [0.4, 0.5) is 18.9 Å². The smallest absolute Gasteiger partial charge is 0.234 e. The van der Waals surface area contributed by atoms with Crippen molar-refractivity contribution in [3.63, 3.8) is 0 Å². The first-order chi connectivity index (χ1) is 9.56. The number of anilines is 1. The molecule has 0 saturated carbocycles. The molecule has 2 nitrogen and oxygen atoms in total. The zero-order valence-corrected chi connectivity index (χ0v) is 11.0. The number of para-hydroxylation sites is 1. The standard InChI is InChI=1S/C14H10F3NOS/c15-9-5-6-13(11(17)7-9)20-8-14(19)18-12-4-2-1-3-10(12)16/h1-7H,8H2,(H,18,19). The fourth-order valence-electron chi connectivity index (χ4n) is 1.48. The molecular weight excluding hydrogens is 287 g/mol. The third kappa shape index (κ3) is 3.77. The van der Waals surface area contributed by atoms with Crippen molar-refractivity contribution >= 4 is 23.4 Å². The molecule has 0 aliphatic rings. The summed E-state index contributed by atoms with van der Waals surface area (Å²) in [6, 6.07) is 8.86. The molecule has 0 fully saturated rings. The fourth-order valence-corrected chi connectivity index (χ4v) is 2.20. The SMILES string of the molecule is O=C(CSc1ccc(F)cc1F)Nc1ccccc1F. The molecule has 0 aliphatic carbocycles. The van der Waals surface area contributed by atoms with E-state index >= 15 is 0 Å². The minimum atomic E-state index is -0.728. The molecule has 0 saturated heterocycles. The van der Waals surface area contributed by atoms with Gasteiger partial charge in [-0.3, -0.25) is 4.79 Å². The van der Waals surface area contributed by atoms with Crippen molar-refractivity contribution in [2.75, 3.05) is 11.1 Å². The van der Waals surface area contributed by atoms with Gasteiger partial charge in [0.1, 0.15) is 17.5 Å². The summed E-state index contributed by atoms with van der Waals surface area (Å²) < 4.78 is 39.3.